The summed E-state index contributed by atoms with van der Waals surface area (Å²) in [5.41, 5.74) is 3.08. The second-order valence-corrected chi connectivity index (χ2v) is 7.16. The largest absolute Gasteiger partial charge is 0.371 e. The van der Waals surface area contributed by atoms with E-state index in [9.17, 15) is 18.4 Å². The van der Waals surface area contributed by atoms with Gasteiger partial charge in [0.2, 0.25) is 6.41 Å². The molecule has 2 aromatic carbocycles. The van der Waals surface area contributed by atoms with Crippen molar-refractivity contribution >= 4 is 29.7 Å². The van der Waals surface area contributed by atoms with Crippen LogP contribution in [-0.2, 0) is 15.6 Å². The lowest BCUT2D eigenvalue weighted by molar-refractivity contribution is -0.146. The summed E-state index contributed by atoms with van der Waals surface area (Å²) in [4.78, 5) is 25.5. The molecule has 2 aliphatic heterocycles. The number of benzene rings is 2. The standard InChI is InChI=1S/C22H20F2N2O2/c1-15-12-17(25-10-8-18(28)9-11-25)7-6-16(15)13-21-19-4-2-3-5-20(19)22(23,24)26(21)14-27/h2-7,12-14H,8-11H2,1H3/b21-13-. The maximum Gasteiger partial charge on any atom is 0.359 e. The molecule has 1 saturated heterocycles. The van der Waals surface area contributed by atoms with Gasteiger partial charge in [0, 0.05) is 37.2 Å². The Balaban J connectivity index is 1.71. The van der Waals surface area contributed by atoms with Gasteiger partial charge in [-0.2, -0.15) is 8.78 Å². The van der Waals surface area contributed by atoms with Gasteiger partial charge in [-0.15, -0.1) is 0 Å². The first kappa shape index (κ1) is 18.3. The molecule has 0 aliphatic carbocycles. The molecule has 2 aliphatic rings. The number of Topliss-reactive ketones (excluding diaryl/α,β-unsaturated/α-hetero) is 1. The summed E-state index contributed by atoms with van der Waals surface area (Å²) in [5, 5.41) is 0. The minimum atomic E-state index is -3.36. The Kier molecular flexibility index (Phi) is 4.49. The van der Waals surface area contributed by atoms with Crippen LogP contribution in [0.4, 0.5) is 14.5 Å². The minimum Gasteiger partial charge on any atom is -0.371 e. The summed E-state index contributed by atoms with van der Waals surface area (Å²) < 4.78 is 29.2. The van der Waals surface area contributed by atoms with Crippen molar-refractivity contribution in [3.8, 4) is 0 Å². The van der Waals surface area contributed by atoms with E-state index < -0.39 is 6.05 Å². The van der Waals surface area contributed by atoms with E-state index in [4.69, 9.17) is 0 Å². The number of hydrogen-bond acceptors (Lipinski definition) is 3. The summed E-state index contributed by atoms with van der Waals surface area (Å²) in [6, 6.07) is 8.61. The molecule has 144 valence electrons. The zero-order chi connectivity index (χ0) is 19.9. The molecule has 0 spiro atoms. The van der Waals surface area contributed by atoms with Gasteiger partial charge in [0.25, 0.3) is 0 Å². The molecule has 0 atom stereocenters. The van der Waals surface area contributed by atoms with Gasteiger partial charge in [-0.3, -0.25) is 9.59 Å². The molecule has 1 amide bonds. The van der Waals surface area contributed by atoms with Gasteiger partial charge in [-0.25, -0.2) is 4.90 Å². The maximum atomic E-state index is 14.6. The highest BCUT2D eigenvalue weighted by atomic mass is 19.3. The van der Waals surface area contributed by atoms with Crippen molar-refractivity contribution in [2.45, 2.75) is 25.8 Å². The van der Waals surface area contributed by atoms with Gasteiger partial charge in [0.05, 0.1) is 11.3 Å². The van der Waals surface area contributed by atoms with Crippen LogP contribution in [0.15, 0.2) is 42.5 Å². The van der Waals surface area contributed by atoms with Gasteiger partial charge in [0.15, 0.2) is 0 Å². The topological polar surface area (TPSA) is 40.6 Å². The van der Waals surface area contributed by atoms with Gasteiger partial charge in [-0.1, -0.05) is 30.3 Å². The lowest BCUT2D eigenvalue weighted by Crippen LogP contribution is -2.33. The third-order valence-corrected chi connectivity index (χ3v) is 5.43. The lowest BCUT2D eigenvalue weighted by Gasteiger charge is -2.28. The zero-order valence-corrected chi connectivity index (χ0v) is 15.5. The number of piperidine rings is 1. The van der Waals surface area contributed by atoms with Crippen molar-refractivity contribution in [3.05, 3.63) is 64.7 Å². The number of nitrogens with zero attached hydrogens (tertiary/aromatic N) is 2. The Morgan fingerprint density at radius 3 is 2.46 bits per heavy atom. The van der Waals surface area contributed by atoms with E-state index in [0.717, 1.165) is 16.8 Å². The Hall–Kier alpha value is -3.02. The molecule has 0 radical (unpaired) electrons. The van der Waals surface area contributed by atoms with Gasteiger partial charge in [0.1, 0.15) is 5.78 Å². The van der Waals surface area contributed by atoms with Crippen LogP contribution >= 0.6 is 0 Å². The van der Waals surface area contributed by atoms with Crippen LogP contribution in [0.5, 0.6) is 0 Å². The summed E-state index contributed by atoms with van der Waals surface area (Å²) in [6.45, 7) is 3.30. The molecule has 4 rings (SSSR count). The summed E-state index contributed by atoms with van der Waals surface area (Å²) in [5.74, 6) is 0.282. The first-order valence-electron chi connectivity index (χ1n) is 9.23. The van der Waals surface area contributed by atoms with E-state index in [2.05, 4.69) is 4.90 Å². The number of halogens is 2. The second kappa shape index (κ2) is 6.86. The molecule has 0 unspecified atom stereocenters. The average molecular weight is 382 g/mol. The highest BCUT2D eigenvalue weighted by Crippen LogP contribution is 2.47. The van der Waals surface area contributed by atoms with Gasteiger partial charge >= 0.3 is 6.05 Å². The number of carbonyl (C=O) groups excluding carboxylic acids is 2. The highest BCUT2D eigenvalue weighted by molar-refractivity contribution is 5.91. The lowest BCUT2D eigenvalue weighted by atomic mass is 10.0. The van der Waals surface area contributed by atoms with E-state index in [1.807, 2.05) is 25.1 Å². The molecule has 2 heterocycles. The molecule has 0 aromatic heterocycles. The Morgan fingerprint density at radius 2 is 1.79 bits per heavy atom. The fraction of sp³-hybridized carbons (Fsp3) is 0.273. The van der Waals surface area contributed by atoms with Crippen LogP contribution in [-0.4, -0.2) is 30.2 Å². The molecular formula is C22H20F2N2O2. The third kappa shape index (κ3) is 2.99. The number of anilines is 1. The molecule has 2 aromatic rings. The number of fused-ring (bicyclic) bond motifs is 1. The summed E-state index contributed by atoms with van der Waals surface area (Å²) in [6.07, 6.45) is 2.91. The average Bonchev–Trinajstić information content (AvgIpc) is 2.90. The van der Waals surface area contributed by atoms with Crippen LogP contribution in [0, 0.1) is 6.92 Å². The first-order chi connectivity index (χ1) is 13.4. The first-order valence-corrected chi connectivity index (χ1v) is 9.23. The number of alkyl halides is 2. The number of aryl methyl sites for hydroxylation is 1. The molecule has 0 N–H and O–H groups in total. The van der Waals surface area contributed by atoms with Crippen molar-refractivity contribution < 1.29 is 18.4 Å². The van der Waals surface area contributed by atoms with E-state index in [0.29, 0.717) is 36.4 Å². The molecule has 0 saturated carbocycles. The number of amides is 1. The van der Waals surface area contributed by atoms with Crippen LogP contribution < -0.4 is 4.90 Å². The Bertz CT molecular complexity index is 974. The normalized spacial score (nSPS) is 19.8. The van der Waals surface area contributed by atoms with Crippen LogP contribution in [0.25, 0.3) is 11.8 Å². The van der Waals surface area contributed by atoms with Crippen molar-refractivity contribution in [2.24, 2.45) is 0 Å². The third-order valence-electron chi connectivity index (χ3n) is 5.43. The Morgan fingerprint density at radius 1 is 1.07 bits per heavy atom. The fourth-order valence-electron chi connectivity index (χ4n) is 3.83. The van der Waals surface area contributed by atoms with Crippen molar-refractivity contribution in [1.82, 2.24) is 4.90 Å². The van der Waals surface area contributed by atoms with E-state index >= 15 is 0 Å². The SMILES string of the molecule is Cc1cc(N2CCC(=O)CC2)ccc1/C=C1/c2ccccc2C(F)(F)N1C=O. The molecule has 0 bridgehead atoms. The van der Waals surface area contributed by atoms with Crippen LogP contribution in [0.1, 0.15) is 35.1 Å². The summed E-state index contributed by atoms with van der Waals surface area (Å²) >= 11 is 0. The number of carbonyl (C=O) groups is 2. The molecule has 4 nitrogen and oxygen atoms in total. The molecule has 28 heavy (non-hydrogen) atoms. The van der Waals surface area contributed by atoms with Gasteiger partial charge < -0.3 is 4.90 Å². The van der Waals surface area contributed by atoms with E-state index in [-0.39, 0.29) is 23.5 Å². The predicted octanol–water partition coefficient (Wildman–Crippen LogP) is 4.18. The number of ketones is 1. The molecule has 6 heteroatoms. The van der Waals surface area contributed by atoms with Crippen molar-refractivity contribution in [3.63, 3.8) is 0 Å². The second-order valence-electron chi connectivity index (χ2n) is 7.16. The van der Waals surface area contributed by atoms with Crippen LogP contribution in [0.2, 0.25) is 0 Å². The fourth-order valence-corrected chi connectivity index (χ4v) is 3.83. The maximum absolute atomic E-state index is 14.6. The highest BCUT2D eigenvalue weighted by Gasteiger charge is 2.49. The minimum absolute atomic E-state index is 0.166. The quantitative estimate of drug-likeness (QED) is 0.591. The van der Waals surface area contributed by atoms with Crippen molar-refractivity contribution in [1.29, 1.82) is 0 Å². The smallest absolute Gasteiger partial charge is 0.359 e. The number of rotatable bonds is 3. The van der Waals surface area contributed by atoms with E-state index in [1.165, 1.54) is 6.07 Å². The Labute approximate surface area is 162 Å². The molecule has 1 fully saturated rings. The summed E-state index contributed by atoms with van der Waals surface area (Å²) in [7, 11) is 0. The van der Waals surface area contributed by atoms with E-state index in [1.54, 1.807) is 24.3 Å². The monoisotopic (exact) mass is 382 g/mol. The van der Waals surface area contributed by atoms with Gasteiger partial charge in [-0.05, 0) is 36.3 Å². The van der Waals surface area contributed by atoms with Crippen LogP contribution in [0.3, 0.4) is 0 Å². The zero-order valence-electron chi connectivity index (χ0n) is 15.5. The molecular weight excluding hydrogens is 362 g/mol. The van der Waals surface area contributed by atoms with Crippen molar-refractivity contribution in [2.75, 3.05) is 18.0 Å². The number of hydrogen-bond donors (Lipinski definition) is 0. The predicted molar refractivity (Wildman–Crippen MR) is 104 cm³/mol.